The third kappa shape index (κ3) is 2.93. The first-order chi connectivity index (χ1) is 11.7. The van der Waals surface area contributed by atoms with Gasteiger partial charge in [-0.25, -0.2) is 4.79 Å². The second kappa shape index (κ2) is 6.89. The summed E-state index contributed by atoms with van der Waals surface area (Å²) in [4.78, 5) is 11.5. The number of carbonyl (C=O) groups is 1. The van der Waals surface area contributed by atoms with Gasteiger partial charge in [-0.1, -0.05) is 30.3 Å². The molecule has 3 rings (SSSR count). The van der Waals surface area contributed by atoms with Crippen LogP contribution in [-0.4, -0.2) is 29.4 Å². The second-order valence-corrected chi connectivity index (χ2v) is 5.82. The van der Waals surface area contributed by atoms with Gasteiger partial charge in [0, 0.05) is 23.1 Å². The van der Waals surface area contributed by atoms with Gasteiger partial charge in [0.15, 0.2) is 0 Å². The van der Waals surface area contributed by atoms with Crippen LogP contribution in [0.1, 0.15) is 27.2 Å². The summed E-state index contributed by atoms with van der Waals surface area (Å²) in [5.74, 6) is -0.322. The van der Waals surface area contributed by atoms with Crippen molar-refractivity contribution in [3.05, 3.63) is 70.9 Å². The first-order valence-corrected chi connectivity index (χ1v) is 8.00. The quantitative estimate of drug-likeness (QED) is 0.733. The van der Waals surface area contributed by atoms with Gasteiger partial charge in [0.05, 0.1) is 19.3 Å². The van der Waals surface area contributed by atoms with E-state index in [1.54, 1.807) is 12.1 Å². The van der Waals surface area contributed by atoms with Crippen molar-refractivity contribution in [1.82, 2.24) is 4.57 Å². The van der Waals surface area contributed by atoms with Crippen molar-refractivity contribution in [2.75, 3.05) is 13.7 Å². The molecule has 0 atom stereocenters. The molecule has 124 valence electrons. The average molecular weight is 323 g/mol. The van der Waals surface area contributed by atoms with Gasteiger partial charge >= 0.3 is 5.97 Å². The van der Waals surface area contributed by atoms with Crippen molar-refractivity contribution < 1.29 is 14.6 Å². The average Bonchev–Trinajstić information content (AvgIpc) is 2.88. The number of ether oxygens (including phenoxy) is 1. The number of aliphatic hydroxyl groups is 1. The lowest BCUT2D eigenvalue weighted by molar-refractivity contribution is 0.0600. The van der Waals surface area contributed by atoms with E-state index in [2.05, 4.69) is 23.6 Å². The molecule has 0 aliphatic heterocycles. The molecule has 1 N–H and O–H groups in total. The van der Waals surface area contributed by atoms with Crippen molar-refractivity contribution in [3.63, 3.8) is 0 Å². The van der Waals surface area contributed by atoms with Crippen LogP contribution >= 0.6 is 0 Å². The molecule has 4 heteroatoms. The van der Waals surface area contributed by atoms with E-state index < -0.39 is 0 Å². The molecule has 0 aliphatic carbocycles. The lowest BCUT2D eigenvalue weighted by Crippen LogP contribution is -2.04. The van der Waals surface area contributed by atoms with Crippen molar-refractivity contribution in [2.45, 2.75) is 19.9 Å². The maximum Gasteiger partial charge on any atom is 0.337 e. The SMILES string of the molecule is COC(=O)c1ccc(Cc2c(C)n(CCO)c3ccccc23)cc1. The van der Waals surface area contributed by atoms with E-state index in [4.69, 9.17) is 4.74 Å². The Labute approximate surface area is 141 Å². The third-order valence-electron chi connectivity index (χ3n) is 4.44. The Morgan fingerprint density at radius 3 is 2.50 bits per heavy atom. The van der Waals surface area contributed by atoms with Gasteiger partial charge in [-0.3, -0.25) is 0 Å². The number of benzene rings is 2. The number of aliphatic hydroxyl groups excluding tert-OH is 1. The van der Waals surface area contributed by atoms with Gasteiger partial charge in [-0.05, 0) is 42.7 Å². The second-order valence-electron chi connectivity index (χ2n) is 5.82. The van der Waals surface area contributed by atoms with Crippen molar-refractivity contribution in [2.24, 2.45) is 0 Å². The molecule has 0 unspecified atom stereocenters. The molecular formula is C20H21NO3. The van der Waals surface area contributed by atoms with Crippen molar-refractivity contribution in [1.29, 1.82) is 0 Å². The predicted octanol–water partition coefficient (Wildman–Crippen LogP) is 3.32. The minimum Gasteiger partial charge on any atom is -0.465 e. The van der Waals surface area contributed by atoms with Crippen LogP contribution in [0.4, 0.5) is 0 Å². The minimum absolute atomic E-state index is 0.118. The highest BCUT2D eigenvalue weighted by Gasteiger charge is 2.14. The zero-order chi connectivity index (χ0) is 17.1. The van der Waals surface area contributed by atoms with Crippen LogP contribution in [-0.2, 0) is 17.7 Å². The van der Waals surface area contributed by atoms with Gasteiger partial charge in [-0.2, -0.15) is 0 Å². The molecule has 1 heterocycles. The van der Waals surface area contributed by atoms with Gasteiger partial charge in [0.25, 0.3) is 0 Å². The van der Waals surface area contributed by atoms with E-state index in [-0.39, 0.29) is 12.6 Å². The fourth-order valence-electron chi connectivity index (χ4n) is 3.19. The summed E-state index contributed by atoms with van der Waals surface area (Å²) in [5.41, 5.74) is 5.26. The summed E-state index contributed by atoms with van der Waals surface area (Å²) in [6.45, 7) is 2.80. The van der Waals surface area contributed by atoms with E-state index in [9.17, 15) is 9.90 Å². The van der Waals surface area contributed by atoms with E-state index >= 15 is 0 Å². The van der Waals surface area contributed by atoms with Crippen molar-refractivity contribution in [3.8, 4) is 0 Å². The Hall–Kier alpha value is -2.59. The standard InChI is InChI=1S/C20H21NO3/c1-14-18(13-15-7-9-16(10-8-15)20(23)24-2)17-5-3-4-6-19(17)21(14)11-12-22/h3-10,22H,11-13H2,1-2H3. The maximum atomic E-state index is 11.5. The number of hydrogen-bond donors (Lipinski definition) is 1. The highest BCUT2D eigenvalue weighted by Crippen LogP contribution is 2.28. The Kier molecular flexibility index (Phi) is 4.67. The molecule has 0 spiro atoms. The zero-order valence-corrected chi connectivity index (χ0v) is 14.0. The number of para-hydroxylation sites is 1. The molecule has 0 radical (unpaired) electrons. The van der Waals surface area contributed by atoms with Gasteiger partial charge in [0.1, 0.15) is 0 Å². The number of rotatable bonds is 5. The zero-order valence-electron chi connectivity index (χ0n) is 14.0. The summed E-state index contributed by atoms with van der Waals surface area (Å²) in [6, 6.07) is 15.8. The van der Waals surface area contributed by atoms with Crippen molar-refractivity contribution >= 4 is 16.9 Å². The Morgan fingerprint density at radius 1 is 1.12 bits per heavy atom. The highest BCUT2D eigenvalue weighted by molar-refractivity contribution is 5.89. The Balaban J connectivity index is 1.98. The number of esters is 1. The van der Waals surface area contributed by atoms with Gasteiger partial charge < -0.3 is 14.4 Å². The molecule has 2 aromatic carbocycles. The summed E-state index contributed by atoms with van der Waals surface area (Å²) < 4.78 is 6.90. The highest BCUT2D eigenvalue weighted by atomic mass is 16.5. The smallest absolute Gasteiger partial charge is 0.337 e. The minimum atomic E-state index is -0.322. The van der Waals surface area contributed by atoms with E-state index in [0.717, 1.165) is 17.5 Å². The normalized spacial score (nSPS) is 11.0. The van der Waals surface area contributed by atoms with Crippen LogP contribution in [0.2, 0.25) is 0 Å². The van der Waals surface area contributed by atoms with Gasteiger partial charge in [0.2, 0.25) is 0 Å². The molecular weight excluding hydrogens is 302 g/mol. The predicted molar refractivity (Wildman–Crippen MR) is 94.3 cm³/mol. The molecule has 3 aromatic rings. The summed E-state index contributed by atoms with van der Waals surface area (Å²) >= 11 is 0. The van der Waals surface area contributed by atoms with Crippen LogP contribution < -0.4 is 0 Å². The van der Waals surface area contributed by atoms with E-state index in [0.29, 0.717) is 12.1 Å². The van der Waals surface area contributed by atoms with Crippen LogP contribution in [0.25, 0.3) is 10.9 Å². The Morgan fingerprint density at radius 2 is 1.83 bits per heavy atom. The van der Waals surface area contributed by atoms with Crippen LogP contribution in [0, 0.1) is 6.92 Å². The fourth-order valence-corrected chi connectivity index (χ4v) is 3.19. The maximum absolute atomic E-state index is 11.5. The van der Waals surface area contributed by atoms with Crippen LogP contribution in [0.5, 0.6) is 0 Å². The number of hydrogen-bond acceptors (Lipinski definition) is 3. The monoisotopic (exact) mass is 323 g/mol. The number of carbonyl (C=O) groups excluding carboxylic acids is 1. The summed E-state index contributed by atoms with van der Waals surface area (Å²) in [7, 11) is 1.38. The van der Waals surface area contributed by atoms with Crippen LogP contribution in [0.15, 0.2) is 48.5 Å². The fraction of sp³-hybridized carbons (Fsp3) is 0.250. The Bertz CT molecular complexity index is 862. The summed E-state index contributed by atoms with van der Waals surface area (Å²) in [6.07, 6.45) is 0.784. The summed E-state index contributed by atoms with van der Waals surface area (Å²) in [5, 5.41) is 10.6. The molecule has 0 saturated heterocycles. The molecule has 0 amide bonds. The molecule has 0 aliphatic rings. The van der Waals surface area contributed by atoms with E-state index in [1.807, 2.05) is 24.3 Å². The van der Waals surface area contributed by atoms with Crippen LogP contribution in [0.3, 0.4) is 0 Å². The number of aromatic nitrogens is 1. The first-order valence-electron chi connectivity index (χ1n) is 8.00. The first kappa shape index (κ1) is 16.3. The molecule has 24 heavy (non-hydrogen) atoms. The van der Waals surface area contributed by atoms with E-state index in [1.165, 1.54) is 23.8 Å². The lowest BCUT2D eigenvalue weighted by Gasteiger charge is -2.07. The topological polar surface area (TPSA) is 51.5 Å². The molecule has 0 saturated carbocycles. The molecule has 4 nitrogen and oxygen atoms in total. The third-order valence-corrected chi connectivity index (χ3v) is 4.44. The molecule has 1 aromatic heterocycles. The lowest BCUT2D eigenvalue weighted by atomic mass is 10.0. The largest absolute Gasteiger partial charge is 0.465 e. The number of fused-ring (bicyclic) bond motifs is 1. The molecule has 0 bridgehead atoms. The van der Waals surface area contributed by atoms with Gasteiger partial charge in [-0.15, -0.1) is 0 Å². The number of methoxy groups -OCH3 is 1. The number of nitrogens with zero attached hydrogens (tertiary/aromatic N) is 1. The molecule has 0 fully saturated rings.